The van der Waals surface area contributed by atoms with Gasteiger partial charge in [-0.1, -0.05) is 12.1 Å². The molecule has 2 aromatic carbocycles. The number of carbonyl (C=O) groups is 3. The van der Waals surface area contributed by atoms with Crippen molar-refractivity contribution in [3.8, 4) is 5.75 Å². The maximum absolute atomic E-state index is 12.2. The summed E-state index contributed by atoms with van der Waals surface area (Å²) in [4.78, 5) is 35.8. The van der Waals surface area contributed by atoms with Crippen molar-refractivity contribution in [2.75, 3.05) is 26.6 Å². The van der Waals surface area contributed by atoms with Crippen LogP contribution in [0.25, 0.3) is 0 Å². The molecule has 8 nitrogen and oxygen atoms in total. The minimum absolute atomic E-state index is 0.116. The molecule has 0 aromatic heterocycles. The Hall–Kier alpha value is -3.55. The summed E-state index contributed by atoms with van der Waals surface area (Å²) in [5.74, 6) is -0.518. The molecule has 0 unspecified atom stereocenters. The molecule has 142 valence electrons. The van der Waals surface area contributed by atoms with Crippen LogP contribution in [0.4, 0.5) is 10.5 Å². The van der Waals surface area contributed by atoms with Crippen LogP contribution < -0.4 is 15.4 Å². The van der Waals surface area contributed by atoms with Crippen LogP contribution >= 0.6 is 0 Å². The predicted octanol–water partition coefficient (Wildman–Crippen LogP) is 2.59. The summed E-state index contributed by atoms with van der Waals surface area (Å²) in [5.41, 5.74) is 1.31. The third-order valence-corrected chi connectivity index (χ3v) is 3.71. The summed E-state index contributed by atoms with van der Waals surface area (Å²) >= 11 is 0. The smallest absolute Gasteiger partial charge is 0.339 e. The van der Waals surface area contributed by atoms with Gasteiger partial charge in [0.25, 0.3) is 0 Å². The van der Waals surface area contributed by atoms with Crippen LogP contribution in [-0.4, -0.2) is 39.3 Å². The topological polar surface area (TPSA) is 103 Å². The second-order valence-electron chi connectivity index (χ2n) is 5.40. The van der Waals surface area contributed by atoms with Gasteiger partial charge in [0.2, 0.25) is 0 Å². The Kier molecular flexibility index (Phi) is 6.76. The fourth-order valence-electron chi connectivity index (χ4n) is 2.27. The molecule has 0 aliphatic heterocycles. The van der Waals surface area contributed by atoms with Crippen LogP contribution in [0.15, 0.2) is 42.5 Å². The fraction of sp³-hybridized carbons (Fsp3) is 0.211. The Bertz CT molecular complexity index is 833. The van der Waals surface area contributed by atoms with Gasteiger partial charge < -0.3 is 24.8 Å². The normalized spacial score (nSPS) is 9.89. The number of benzene rings is 2. The van der Waals surface area contributed by atoms with E-state index in [9.17, 15) is 14.4 Å². The highest BCUT2D eigenvalue weighted by molar-refractivity contribution is 6.03. The molecular formula is C19H20N2O6. The summed E-state index contributed by atoms with van der Waals surface area (Å²) in [5, 5.41) is 5.23. The van der Waals surface area contributed by atoms with E-state index < -0.39 is 18.0 Å². The minimum Gasteiger partial charge on any atom is -0.497 e. The van der Waals surface area contributed by atoms with Gasteiger partial charge in [0.05, 0.1) is 38.1 Å². The zero-order chi connectivity index (χ0) is 19.8. The molecule has 0 aliphatic rings. The minimum atomic E-state index is -0.642. The van der Waals surface area contributed by atoms with Gasteiger partial charge in [0, 0.05) is 6.54 Å². The van der Waals surface area contributed by atoms with Crippen LogP contribution in [0.2, 0.25) is 0 Å². The summed E-state index contributed by atoms with van der Waals surface area (Å²) in [6.45, 7) is 0.264. The Labute approximate surface area is 156 Å². The molecule has 0 heterocycles. The molecule has 2 rings (SSSR count). The number of hydrogen-bond donors (Lipinski definition) is 2. The summed E-state index contributed by atoms with van der Waals surface area (Å²) in [7, 11) is 4.04. The summed E-state index contributed by atoms with van der Waals surface area (Å²) < 4.78 is 14.4. The molecule has 27 heavy (non-hydrogen) atoms. The van der Waals surface area contributed by atoms with E-state index in [2.05, 4.69) is 15.4 Å². The van der Waals surface area contributed by atoms with Gasteiger partial charge in [0.1, 0.15) is 5.75 Å². The number of anilines is 1. The van der Waals surface area contributed by atoms with Gasteiger partial charge in [-0.15, -0.1) is 0 Å². The van der Waals surface area contributed by atoms with E-state index in [1.165, 1.54) is 32.4 Å². The van der Waals surface area contributed by atoms with E-state index in [0.29, 0.717) is 5.75 Å². The molecule has 0 bridgehead atoms. The first kappa shape index (κ1) is 19.8. The zero-order valence-corrected chi connectivity index (χ0v) is 15.2. The maximum atomic E-state index is 12.2. The molecule has 2 N–H and O–H groups in total. The molecule has 2 aromatic rings. The Balaban J connectivity index is 2.11. The average molecular weight is 372 g/mol. The molecule has 0 aliphatic carbocycles. The van der Waals surface area contributed by atoms with E-state index in [-0.39, 0.29) is 23.4 Å². The monoisotopic (exact) mass is 372 g/mol. The van der Waals surface area contributed by atoms with Crippen molar-refractivity contribution >= 4 is 23.7 Å². The van der Waals surface area contributed by atoms with Crippen LogP contribution in [-0.2, 0) is 16.0 Å². The molecule has 0 saturated heterocycles. The first-order valence-corrected chi connectivity index (χ1v) is 7.97. The van der Waals surface area contributed by atoms with Crippen molar-refractivity contribution in [2.24, 2.45) is 0 Å². The summed E-state index contributed by atoms with van der Waals surface area (Å²) in [6, 6.07) is 10.8. The molecule has 0 atom stereocenters. The lowest BCUT2D eigenvalue weighted by Gasteiger charge is -2.12. The molecule has 0 spiro atoms. The van der Waals surface area contributed by atoms with Crippen molar-refractivity contribution in [3.05, 3.63) is 59.2 Å². The van der Waals surface area contributed by atoms with Crippen molar-refractivity contribution in [1.82, 2.24) is 5.32 Å². The van der Waals surface area contributed by atoms with Crippen LogP contribution in [0, 0.1) is 0 Å². The van der Waals surface area contributed by atoms with Crippen molar-refractivity contribution in [2.45, 2.75) is 6.54 Å². The Morgan fingerprint density at radius 3 is 2.15 bits per heavy atom. The largest absolute Gasteiger partial charge is 0.497 e. The number of rotatable bonds is 6. The Morgan fingerprint density at radius 1 is 0.889 bits per heavy atom. The average Bonchev–Trinajstić information content (AvgIpc) is 2.71. The van der Waals surface area contributed by atoms with E-state index in [1.54, 1.807) is 19.2 Å². The molecular weight excluding hydrogens is 352 g/mol. The van der Waals surface area contributed by atoms with Crippen molar-refractivity contribution in [3.63, 3.8) is 0 Å². The maximum Gasteiger partial charge on any atom is 0.339 e. The first-order chi connectivity index (χ1) is 13.0. The SMILES string of the molecule is COC(=O)c1ccc(C(=O)OC)c(NC(=O)NCc2ccc(OC)cc2)c1. The molecule has 0 radical (unpaired) electrons. The lowest BCUT2D eigenvalue weighted by atomic mass is 10.1. The number of methoxy groups -OCH3 is 3. The van der Waals surface area contributed by atoms with Crippen LogP contribution in [0.1, 0.15) is 26.3 Å². The predicted molar refractivity (Wildman–Crippen MR) is 98.0 cm³/mol. The number of carbonyl (C=O) groups excluding carboxylic acids is 3. The van der Waals surface area contributed by atoms with Crippen molar-refractivity contribution < 1.29 is 28.6 Å². The third-order valence-electron chi connectivity index (χ3n) is 3.71. The van der Waals surface area contributed by atoms with E-state index in [1.807, 2.05) is 12.1 Å². The van der Waals surface area contributed by atoms with Crippen LogP contribution in [0.3, 0.4) is 0 Å². The number of esters is 2. The Morgan fingerprint density at radius 2 is 1.56 bits per heavy atom. The van der Waals surface area contributed by atoms with E-state index >= 15 is 0 Å². The molecule has 2 amide bonds. The highest BCUT2D eigenvalue weighted by Crippen LogP contribution is 2.20. The third kappa shape index (κ3) is 5.21. The van der Waals surface area contributed by atoms with Gasteiger partial charge in [0.15, 0.2) is 0 Å². The number of ether oxygens (including phenoxy) is 3. The van der Waals surface area contributed by atoms with Gasteiger partial charge >= 0.3 is 18.0 Å². The number of nitrogens with one attached hydrogen (secondary N) is 2. The van der Waals surface area contributed by atoms with Gasteiger partial charge in [-0.3, -0.25) is 0 Å². The first-order valence-electron chi connectivity index (χ1n) is 7.97. The highest BCUT2D eigenvalue weighted by Gasteiger charge is 2.17. The summed E-state index contributed by atoms with van der Waals surface area (Å²) in [6.07, 6.45) is 0. The number of urea groups is 1. The van der Waals surface area contributed by atoms with Gasteiger partial charge in [-0.25, -0.2) is 14.4 Å². The standard InChI is InChI=1S/C19H20N2O6/c1-25-14-7-4-12(5-8-14)11-20-19(24)21-16-10-13(17(22)26-2)6-9-15(16)18(23)27-3/h4-10H,11H2,1-3H3,(H2,20,21,24). The number of hydrogen-bond acceptors (Lipinski definition) is 6. The second kappa shape index (κ2) is 9.23. The van der Waals surface area contributed by atoms with Gasteiger partial charge in [-0.2, -0.15) is 0 Å². The molecule has 0 saturated carbocycles. The zero-order valence-electron chi connectivity index (χ0n) is 15.2. The fourth-order valence-corrected chi connectivity index (χ4v) is 2.27. The molecule has 8 heteroatoms. The van der Waals surface area contributed by atoms with E-state index in [0.717, 1.165) is 5.56 Å². The lowest BCUT2D eigenvalue weighted by Crippen LogP contribution is -2.29. The quantitative estimate of drug-likeness (QED) is 0.756. The van der Waals surface area contributed by atoms with Gasteiger partial charge in [-0.05, 0) is 35.9 Å². The van der Waals surface area contributed by atoms with Crippen molar-refractivity contribution in [1.29, 1.82) is 0 Å². The number of amides is 2. The van der Waals surface area contributed by atoms with E-state index in [4.69, 9.17) is 9.47 Å². The second-order valence-corrected chi connectivity index (χ2v) is 5.40. The van der Waals surface area contributed by atoms with Crippen LogP contribution in [0.5, 0.6) is 5.75 Å². The highest BCUT2D eigenvalue weighted by atomic mass is 16.5. The molecule has 0 fully saturated rings. The lowest BCUT2D eigenvalue weighted by molar-refractivity contribution is 0.0587.